The van der Waals surface area contributed by atoms with Crippen molar-refractivity contribution in [1.82, 2.24) is 15.5 Å². The maximum Gasteiger partial charge on any atom is 0.237 e. The van der Waals surface area contributed by atoms with Crippen LogP contribution < -0.4 is 15.4 Å². The normalized spacial score (nSPS) is 22.5. The third kappa shape index (κ3) is 5.87. The van der Waals surface area contributed by atoms with E-state index in [1.54, 1.807) is 7.11 Å². The number of likely N-dealkylation sites (tertiary alicyclic amines) is 1. The second kappa shape index (κ2) is 9.99. The topological polar surface area (TPSA) is 70.7 Å². The minimum atomic E-state index is -0.0365. The third-order valence-corrected chi connectivity index (χ3v) is 6.20. The van der Waals surface area contributed by atoms with E-state index in [2.05, 4.69) is 10.6 Å². The molecule has 2 heterocycles. The highest BCUT2D eigenvalue weighted by Gasteiger charge is 2.26. The zero-order valence-electron chi connectivity index (χ0n) is 15.9. The van der Waals surface area contributed by atoms with Gasteiger partial charge in [-0.2, -0.15) is 0 Å². The molecule has 0 saturated carbocycles. The fourth-order valence-corrected chi connectivity index (χ4v) is 4.51. The van der Waals surface area contributed by atoms with Crippen LogP contribution in [0, 0.1) is 5.92 Å². The molecule has 1 aromatic rings. The van der Waals surface area contributed by atoms with Gasteiger partial charge >= 0.3 is 0 Å². The van der Waals surface area contributed by atoms with Crippen molar-refractivity contribution in [1.29, 1.82) is 0 Å². The molecule has 2 N–H and O–H groups in total. The lowest BCUT2D eigenvalue weighted by Gasteiger charge is -2.33. The molecule has 3 rings (SSSR count). The van der Waals surface area contributed by atoms with Crippen LogP contribution in [0.25, 0.3) is 0 Å². The lowest BCUT2D eigenvalue weighted by Crippen LogP contribution is -2.47. The van der Waals surface area contributed by atoms with E-state index in [1.165, 1.54) is 11.8 Å². The van der Waals surface area contributed by atoms with E-state index in [1.807, 2.05) is 29.2 Å². The first kappa shape index (κ1) is 20.0. The first-order valence-corrected chi connectivity index (χ1v) is 10.7. The van der Waals surface area contributed by atoms with E-state index in [4.69, 9.17) is 4.74 Å². The Morgan fingerprint density at radius 2 is 2.22 bits per heavy atom. The largest absolute Gasteiger partial charge is 0.497 e. The van der Waals surface area contributed by atoms with Crippen LogP contribution in [0.15, 0.2) is 29.2 Å². The quantitative estimate of drug-likeness (QED) is 0.695. The van der Waals surface area contributed by atoms with Gasteiger partial charge in [-0.15, -0.1) is 11.8 Å². The molecule has 0 aromatic heterocycles. The minimum absolute atomic E-state index is 0.0365. The monoisotopic (exact) mass is 391 g/mol. The zero-order chi connectivity index (χ0) is 19.1. The number of amides is 2. The molecule has 0 bridgehead atoms. The van der Waals surface area contributed by atoms with E-state index < -0.39 is 0 Å². The molecule has 0 aliphatic carbocycles. The number of thioether (sulfide) groups is 1. The average Bonchev–Trinajstić information content (AvgIpc) is 3.25. The van der Waals surface area contributed by atoms with Crippen molar-refractivity contribution in [2.45, 2.75) is 36.6 Å². The molecule has 2 unspecified atom stereocenters. The summed E-state index contributed by atoms with van der Waals surface area (Å²) in [6.07, 6.45) is 4.04. The maximum atomic E-state index is 12.6. The summed E-state index contributed by atoms with van der Waals surface area (Å²) in [6, 6.07) is 7.74. The van der Waals surface area contributed by atoms with Gasteiger partial charge in [-0.3, -0.25) is 9.59 Å². The number of piperidine rings is 1. The Morgan fingerprint density at radius 1 is 1.33 bits per heavy atom. The molecule has 0 spiro atoms. The van der Waals surface area contributed by atoms with Gasteiger partial charge < -0.3 is 20.3 Å². The SMILES string of the molecule is COc1cccc(SCC(=O)N2CCCC(CNC(=O)C3CCCN3)C2)c1. The summed E-state index contributed by atoms with van der Waals surface area (Å²) in [7, 11) is 1.64. The minimum Gasteiger partial charge on any atom is -0.497 e. The van der Waals surface area contributed by atoms with Crippen LogP contribution in [-0.4, -0.2) is 61.8 Å². The van der Waals surface area contributed by atoms with Crippen LogP contribution in [0.2, 0.25) is 0 Å². The Balaban J connectivity index is 1.42. The summed E-state index contributed by atoms with van der Waals surface area (Å²) in [5, 5.41) is 6.29. The fourth-order valence-electron chi connectivity index (χ4n) is 3.66. The van der Waals surface area contributed by atoms with Crippen molar-refractivity contribution in [3.05, 3.63) is 24.3 Å². The first-order valence-electron chi connectivity index (χ1n) is 9.71. The van der Waals surface area contributed by atoms with E-state index in [9.17, 15) is 9.59 Å². The van der Waals surface area contributed by atoms with Crippen LogP contribution in [0.4, 0.5) is 0 Å². The molecule has 6 nitrogen and oxygen atoms in total. The van der Waals surface area contributed by atoms with Crippen molar-refractivity contribution < 1.29 is 14.3 Å². The molecule has 0 radical (unpaired) electrons. The molecule has 2 fully saturated rings. The van der Waals surface area contributed by atoms with E-state index in [0.29, 0.717) is 18.2 Å². The van der Waals surface area contributed by atoms with Crippen molar-refractivity contribution in [2.24, 2.45) is 5.92 Å². The lowest BCUT2D eigenvalue weighted by molar-refractivity contribution is -0.130. The zero-order valence-corrected chi connectivity index (χ0v) is 16.7. The molecule has 1 aromatic carbocycles. The van der Waals surface area contributed by atoms with Crippen LogP contribution in [0.3, 0.4) is 0 Å². The standard InChI is InChI=1S/C20H29N3O3S/c1-26-16-6-2-7-17(11-16)27-14-19(24)23-10-4-5-15(13-23)12-22-20(25)18-8-3-9-21-18/h2,6-7,11,15,18,21H,3-5,8-10,12-14H2,1H3,(H,22,25). The number of nitrogens with zero attached hydrogens (tertiary/aromatic N) is 1. The fraction of sp³-hybridized carbons (Fsp3) is 0.600. The molecule has 148 valence electrons. The Bertz CT molecular complexity index is 649. The summed E-state index contributed by atoms with van der Waals surface area (Å²) in [5.74, 6) is 1.84. The predicted molar refractivity (Wildman–Crippen MR) is 107 cm³/mol. The summed E-state index contributed by atoms with van der Waals surface area (Å²) >= 11 is 1.54. The number of hydrogen-bond acceptors (Lipinski definition) is 5. The highest BCUT2D eigenvalue weighted by atomic mass is 32.2. The highest BCUT2D eigenvalue weighted by molar-refractivity contribution is 8.00. The van der Waals surface area contributed by atoms with Gasteiger partial charge in [0.05, 0.1) is 18.9 Å². The first-order chi connectivity index (χ1) is 13.2. The third-order valence-electron chi connectivity index (χ3n) is 5.22. The maximum absolute atomic E-state index is 12.6. The number of methoxy groups -OCH3 is 1. The smallest absolute Gasteiger partial charge is 0.237 e. The molecular weight excluding hydrogens is 362 g/mol. The van der Waals surface area contributed by atoms with Crippen molar-refractivity contribution in [2.75, 3.05) is 39.0 Å². The predicted octanol–water partition coefficient (Wildman–Crippen LogP) is 1.89. The van der Waals surface area contributed by atoms with Gasteiger partial charge in [0.2, 0.25) is 11.8 Å². The van der Waals surface area contributed by atoms with Gasteiger partial charge in [-0.1, -0.05) is 6.07 Å². The van der Waals surface area contributed by atoms with Crippen LogP contribution >= 0.6 is 11.8 Å². The second-order valence-electron chi connectivity index (χ2n) is 7.21. The number of hydrogen-bond donors (Lipinski definition) is 2. The van der Waals surface area contributed by atoms with Crippen molar-refractivity contribution in [3.63, 3.8) is 0 Å². The number of nitrogens with one attached hydrogen (secondary N) is 2. The summed E-state index contributed by atoms with van der Waals surface area (Å²) in [5.41, 5.74) is 0. The molecule has 2 aliphatic rings. The number of ether oxygens (including phenoxy) is 1. The Kier molecular flexibility index (Phi) is 7.41. The molecule has 2 saturated heterocycles. The molecule has 2 amide bonds. The van der Waals surface area contributed by atoms with E-state index in [-0.39, 0.29) is 17.9 Å². The number of benzene rings is 1. The summed E-state index contributed by atoms with van der Waals surface area (Å²) in [6.45, 7) is 3.13. The van der Waals surface area contributed by atoms with Crippen molar-refractivity contribution >= 4 is 23.6 Å². The average molecular weight is 392 g/mol. The van der Waals surface area contributed by atoms with Gasteiger partial charge in [0, 0.05) is 24.5 Å². The van der Waals surface area contributed by atoms with Crippen LogP contribution in [0.5, 0.6) is 5.75 Å². The van der Waals surface area contributed by atoms with Gasteiger partial charge in [0.15, 0.2) is 0 Å². The second-order valence-corrected chi connectivity index (χ2v) is 8.26. The molecule has 27 heavy (non-hydrogen) atoms. The number of rotatable bonds is 7. The lowest BCUT2D eigenvalue weighted by atomic mass is 9.98. The Morgan fingerprint density at radius 3 is 3.00 bits per heavy atom. The van der Waals surface area contributed by atoms with Gasteiger partial charge in [-0.05, 0) is 56.3 Å². The summed E-state index contributed by atoms with van der Waals surface area (Å²) < 4.78 is 5.23. The highest BCUT2D eigenvalue weighted by Crippen LogP contribution is 2.24. The molecule has 7 heteroatoms. The van der Waals surface area contributed by atoms with Gasteiger partial charge in [0.25, 0.3) is 0 Å². The summed E-state index contributed by atoms with van der Waals surface area (Å²) in [4.78, 5) is 27.7. The Hall–Kier alpha value is -1.73. The number of carbonyl (C=O) groups excluding carboxylic acids is 2. The van der Waals surface area contributed by atoms with E-state index >= 15 is 0 Å². The molecule has 2 aliphatic heterocycles. The molecule has 2 atom stereocenters. The van der Waals surface area contributed by atoms with Crippen molar-refractivity contribution in [3.8, 4) is 5.75 Å². The van der Waals surface area contributed by atoms with Gasteiger partial charge in [0.1, 0.15) is 5.75 Å². The number of carbonyl (C=O) groups is 2. The molecular formula is C20H29N3O3S. The van der Waals surface area contributed by atoms with Gasteiger partial charge in [-0.25, -0.2) is 0 Å². The van der Waals surface area contributed by atoms with E-state index in [0.717, 1.165) is 56.0 Å². The van der Waals surface area contributed by atoms with Crippen LogP contribution in [-0.2, 0) is 9.59 Å². The Labute approximate surface area is 165 Å². The van der Waals surface area contributed by atoms with Crippen LogP contribution in [0.1, 0.15) is 25.7 Å².